The Morgan fingerprint density at radius 1 is 1.05 bits per heavy atom. The number of ketones is 1. The fourth-order valence-electron chi connectivity index (χ4n) is 1.79. The molecular formula is C16H15BrO2S. The van der Waals surface area contributed by atoms with Gasteiger partial charge in [0.25, 0.3) is 0 Å². The third kappa shape index (κ3) is 3.64. The topological polar surface area (TPSA) is 34.1 Å². The van der Waals surface area contributed by atoms with Crippen molar-refractivity contribution in [2.24, 2.45) is 0 Å². The van der Waals surface area contributed by atoms with Gasteiger partial charge in [-0.2, -0.15) is 0 Å². The summed E-state index contributed by atoms with van der Waals surface area (Å²) in [5.41, 5.74) is 2.85. The molecule has 0 radical (unpaired) electrons. The van der Waals surface area contributed by atoms with E-state index in [1.807, 2.05) is 38.1 Å². The van der Waals surface area contributed by atoms with Gasteiger partial charge in [0.2, 0.25) is 0 Å². The van der Waals surface area contributed by atoms with Gasteiger partial charge in [-0.1, -0.05) is 28.1 Å². The van der Waals surface area contributed by atoms with Crippen LogP contribution in [-0.2, 0) is 10.8 Å². The molecule has 0 amide bonds. The van der Waals surface area contributed by atoms with Crippen LogP contribution >= 0.6 is 15.9 Å². The fraction of sp³-hybridized carbons (Fsp3) is 0.188. The van der Waals surface area contributed by atoms with E-state index in [2.05, 4.69) is 15.9 Å². The standard InChI is InChI=1S/C16H15BrO2S/c1-11-3-4-13(9-12(11)2)16(18)10-20(19)15-7-5-14(17)6-8-15/h3-9H,10H2,1-2H3. The second kappa shape index (κ2) is 6.46. The van der Waals surface area contributed by atoms with Crippen molar-refractivity contribution in [3.63, 3.8) is 0 Å². The monoisotopic (exact) mass is 350 g/mol. The Morgan fingerprint density at radius 3 is 2.30 bits per heavy atom. The highest BCUT2D eigenvalue weighted by atomic mass is 79.9. The lowest BCUT2D eigenvalue weighted by Gasteiger charge is -2.05. The molecule has 0 fully saturated rings. The first-order valence-corrected chi connectivity index (χ1v) is 8.33. The quantitative estimate of drug-likeness (QED) is 0.779. The van der Waals surface area contributed by atoms with E-state index in [0.29, 0.717) is 10.5 Å². The van der Waals surface area contributed by atoms with Crippen molar-refractivity contribution >= 4 is 32.5 Å². The van der Waals surface area contributed by atoms with Crippen molar-refractivity contribution in [2.75, 3.05) is 5.75 Å². The molecule has 2 rings (SSSR count). The first-order chi connectivity index (χ1) is 9.47. The Bertz CT molecular complexity index is 663. The molecule has 2 aromatic rings. The van der Waals surface area contributed by atoms with Crippen LogP contribution in [0.15, 0.2) is 51.8 Å². The number of aryl methyl sites for hydroxylation is 2. The molecule has 0 spiro atoms. The van der Waals surface area contributed by atoms with Crippen molar-refractivity contribution in [1.82, 2.24) is 0 Å². The summed E-state index contributed by atoms with van der Waals surface area (Å²) in [6.07, 6.45) is 0. The van der Waals surface area contributed by atoms with Crippen LogP contribution in [-0.4, -0.2) is 15.7 Å². The van der Waals surface area contributed by atoms with E-state index in [0.717, 1.165) is 15.6 Å². The number of hydrogen-bond donors (Lipinski definition) is 0. The summed E-state index contributed by atoms with van der Waals surface area (Å²) in [4.78, 5) is 12.8. The van der Waals surface area contributed by atoms with Gasteiger partial charge in [-0.05, 0) is 55.3 Å². The minimum absolute atomic E-state index is 0.0180. The Kier molecular flexibility index (Phi) is 4.89. The van der Waals surface area contributed by atoms with Crippen molar-refractivity contribution in [3.05, 3.63) is 63.6 Å². The van der Waals surface area contributed by atoms with Gasteiger partial charge in [0.05, 0.1) is 16.6 Å². The molecular weight excluding hydrogens is 336 g/mol. The average Bonchev–Trinajstić information content (AvgIpc) is 2.42. The highest BCUT2D eigenvalue weighted by molar-refractivity contribution is 9.10. The van der Waals surface area contributed by atoms with Gasteiger partial charge < -0.3 is 0 Å². The molecule has 104 valence electrons. The molecule has 0 aliphatic rings. The van der Waals surface area contributed by atoms with E-state index in [4.69, 9.17) is 0 Å². The van der Waals surface area contributed by atoms with Crippen molar-refractivity contribution in [3.8, 4) is 0 Å². The van der Waals surface area contributed by atoms with Crippen LogP contribution in [0.4, 0.5) is 0 Å². The lowest BCUT2D eigenvalue weighted by atomic mass is 10.0. The molecule has 0 aliphatic heterocycles. The predicted molar refractivity (Wildman–Crippen MR) is 85.7 cm³/mol. The zero-order valence-electron chi connectivity index (χ0n) is 11.4. The second-order valence-corrected chi connectivity index (χ2v) is 7.03. The number of carbonyl (C=O) groups excluding carboxylic acids is 1. The Hall–Kier alpha value is -1.26. The van der Waals surface area contributed by atoms with Crippen LogP contribution in [0, 0.1) is 13.8 Å². The van der Waals surface area contributed by atoms with Crippen molar-refractivity contribution < 1.29 is 9.00 Å². The summed E-state index contributed by atoms with van der Waals surface area (Å²) in [6.45, 7) is 3.97. The SMILES string of the molecule is Cc1ccc(C(=O)CS(=O)c2ccc(Br)cc2)cc1C. The summed E-state index contributed by atoms with van der Waals surface area (Å²) >= 11 is 3.33. The minimum atomic E-state index is -1.30. The molecule has 1 unspecified atom stereocenters. The third-order valence-corrected chi connectivity index (χ3v) is 5.02. The van der Waals surface area contributed by atoms with Gasteiger partial charge in [0.15, 0.2) is 5.78 Å². The highest BCUT2D eigenvalue weighted by Crippen LogP contribution is 2.15. The molecule has 2 aromatic carbocycles. The number of hydrogen-bond acceptors (Lipinski definition) is 2. The third-order valence-electron chi connectivity index (χ3n) is 3.17. The Labute approximate surface area is 129 Å². The van der Waals surface area contributed by atoms with Gasteiger partial charge in [0, 0.05) is 14.9 Å². The molecule has 0 heterocycles. The normalized spacial score (nSPS) is 12.2. The zero-order chi connectivity index (χ0) is 14.7. The van der Waals surface area contributed by atoms with Crippen LogP contribution in [0.3, 0.4) is 0 Å². The van der Waals surface area contributed by atoms with Gasteiger partial charge in [-0.25, -0.2) is 0 Å². The summed E-state index contributed by atoms with van der Waals surface area (Å²) in [6, 6.07) is 12.8. The van der Waals surface area contributed by atoms with Crippen LogP contribution in [0.1, 0.15) is 21.5 Å². The minimum Gasteiger partial charge on any atom is -0.293 e. The maximum absolute atomic E-state index is 12.2. The molecule has 0 aliphatic carbocycles. The van der Waals surface area contributed by atoms with Gasteiger partial charge in [-0.3, -0.25) is 9.00 Å². The average molecular weight is 351 g/mol. The summed E-state index contributed by atoms with van der Waals surface area (Å²) < 4.78 is 13.1. The second-order valence-electron chi connectivity index (χ2n) is 4.67. The largest absolute Gasteiger partial charge is 0.293 e. The number of rotatable bonds is 4. The highest BCUT2D eigenvalue weighted by Gasteiger charge is 2.13. The first-order valence-electron chi connectivity index (χ1n) is 6.22. The molecule has 20 heavy (non-hydrogen) atoms. The molecule has 1 atom stereocenters. The van der Waals surface area contributed by atoms with Gasteiger partial charge >= 0.3 is 0 Å². The Morgan fingerprint density at radius 2 is 1.70 bits per heavy atom. The van der Waals surface area contributed by atoms with Crippen LogP contribution in [0.2, 0.25) is 0 Å². The number of halogens is 1. The molecule has 2 nitrogen and oxygen atoms in total. The first kappa shape index (κ1) is 15.1. The maximum Gasteiger partial charge on any atom is 0.175 e. The predicted octanol–water partition coefficient (Wildman–Crippen LogP) is 4.06. The lowest BCUT2D eigenvalue weighted by Crippen LogP contribution is -2.11. The molecule has 0 aromatic heterocycles. The van der Waals surface area contributed by atoms with Crippen molar-refractivity contribution in [2.45, 2.75) is 18.7 Å². The van der Waals surface area contributed by atoms with E-state index < -0.39 is 10.8 Å². The zero-order valence-corrected chi connectivity index (χ0v) is 13.8. The summed E-state index contributed by atoms with van der Waals surface area (Å²) in [5, 5.41) is 0. The number of benzene rings is 2. The van der Waals surface area contributed by atoms with Crippen molar-refractivity contribution in [1.29, 1.82) is 0 Å². The van der Waals surface area contributed by atoms with E-state index in [1.165, 1.54) is 0 Å². The van der Waals surface area contributed by atoms with Gasteiger partial charge in [0.1, 0.15) is 0 Å². The smallest absolute Gasteiger partial charge is 0.175 e. The molecule has 0 bridgehead atoms. The van der Waals surface area contributed by atoms with Crippen LogP contribution in [0.5, 0.6) is 0 Å². The summed E-state index contributed by atoms with van der Waals surface area (Å²) in [5.74, 6) is -0.0706. The molecule has 4 heteroatoms. The van der Waals surface area contributed by atoms with E-state index >= 15 is 0 Å². The Balaban J connectivity index is 2.13. The molecule has 0 saturated carbocycles. The molecule has 0 saturated heterocycles. The number of Topliss-reactive ketones (excluding diaryl/α,β-unsaturated/α-hetero) is 1. The van der Waals surface area contributed by atoms with Crippen LogP contribution in [0.25, 0.3) is 0 Å². The van der Waals surface area contributed by atoms with E-state index in [1.54, 1.807) is 18.2 Å². The lowest BCUT2D eigenvalue weighted by molar-refractivity contribution is 0.102. The maximum atomic E-state index is 12.2. The molecule has 0 N–H and O–H groups in total. The fourth-order valence-corrected chi connectivity index (χ4v) is 3.06. The van der Waals surface area contributed by atoms with E-state index in [9.17, 15) is 9.00 Å². The summed E-state index contributed by atoms with van der Waals surface area (Å²) in [7, 11) is -1.30. The van der Waals surface area contributed by atoms with E-state index in [-0.39, 0.29) is 11.5 Å². The van der Waals surface area contributed by atoms with Gasteiger partial charge in [-0.15, -0.1) is 0 Å². The number of carbonyl (C=O) groups is 1. The van der Waals surface area contributed by atoms with Crippen LogP contribution < -0.4 is 0 Å².